The first kappa shape index (κ1) is 20.9. The van der Waals surface area contributed by atoms with Crippen molar-refractivity contribution in [3.05, 3.63) is 35.9 Å². The minimum absolute atomic E-state index is 0.0942. The van der Waals surface area contributed by atoms with E-state index in [0.717, 1.165) is 5.56 Å². The molecule has 0 heterocycles. The second-order valence-electron chi connectivity index (χ2n) is 5.61. The van der Waals surface area contributed by atoms with E-state index in [0.29, 0.717) is 0 Å². The Balaban J connectivity index is 2.93. The maximum Gasteiger partial charge on any atom is 0.328 e. The fraction of sp³-hybridized carbons (Fsp3) is 0.438. The van der Waals surface area contributed by atoms with Crippen molar-refractivity contribution in [2.75, 3.05) is 5.75 Å². The number of hydrogen-bond donors (Lipinski definition) is 6. The molecule has 1 aromatic carbocycles. The topological polar surface area (TPSA) is 142 Å². The van der Waals surface area contributed by atoms with Crippen LogP contribution in [0, 0.1) is 0 Å². The number of thiol groups is 1. The quantitative estimate of drug-likeness (QED) is 0.306. The van der Waals surface area contributed by atoms with Crippen LogP contribution in [0.3, 0.4) is 0 Å². The first-order valence-corrected chi connectivity index (χ1v) is 8.31. The molecule has 138 valence electrons. The average Bonchev–Trinajstić information content (AvgIpc) is 2.58. The van der Waals surface area contributed by atoms with Crippen LogP contribution in [0.4, 0.5) is 0 Å². The SMILES string of the molecule is CC(O)C(NC(=O)C(Cc1ccccc1)NC(=O)C(N)CS)C(=O)O. The van der Waals surface area contributed by atoms with Gasteiger partial charge in [0.05, 0.1) is 12.1 Å². The smallest absolute Gasteiger partial charge is 0.328 e. The largest absolute Gasteiger partial charge is 0.480 e. The highest BCUT2D eigenvalue weighted by molar-refractivity contribution is 7.80. The van der Waals surface area contributed by atoms with Crippen LogP contribution < -0.4 is 16.4 Å². The van der Waals surface area contributed by atoms with Gasteiger partial charge in [-0.3, -0.25) is 9.59 Å². The van der Waals surface area contributed by atoms with Gasteiger partial charge in [-0.1, -0.05) is 30.3 Å². The highest BCUT2D eigenvalue weighted by Gasteiger charge is 2.30. The molecule has 0 aliphatic heterocycles. The molecule has 0 aliphatic rings. The minimum Gasteiger partial charge on any atom is -0.480 e. The summed E-state index contributed by atoms with van der Waals surface area (Å²) >= 11 is 3.94. The van der Waals surface area contributed by atoms with Gasteiger partial charge in [-0.2, -0.15) is 12.6 Å². The molecular weight excluding hydrogens is 346 g/mol. The summed E-state index contributed by atoms with van der Waals surface area (Å²) in [6.07, 6.45) is -1.15. The van der Waals surface area contributed by atoms with Crippen molar-refractivity contribution in [3.63, 3.8) is 0 Å². The summed E-state index contributed by atoms with van der Waals surface area (Å²) in [6.45, 7) is 1.25. The Hall–Kier alpha value is -2.10. The number of nitrogens with one attached hydrogen (secondary N) is 2. The molecule has 9 heteroatoms. The van der Waals surface area contributed by atoms with E-state index in [9.17, 15) is 19.5 Å². The lowest BCUT2D eigenvalue weighted by molar-refractivity contribution is -0.145. The second kappa shape index (κ2) is 10.0. The van der Waals surface area contributed by atoms with Crippen LogP contribution in [0.5, 0.6) is 0 Å². The van der Waals surface area contributed by atoms with Crippen LogP contribution >= 0.6 is 12.6 Å². The molecule has 0 fully saturated rings. The van der Waals surface area contributed by atoms with Crippen molar-refractivity contribution in [1.29, 1.82) is 0 Å². The maximum absolute atomic E-state index is 12.5. The van der Waals surface area contributed by atoms with Crippen molar-refractivity contribution in [2.24, 2.45) is 5.73 Å². The third kappa shape index (κ3) is 6.73. The number of carboxylic acid groups (broad SMARTS) is 1. The Morgan fingerprint density at radius 3 is 2.24 bits per heavy atom. The number of rotatable bonds is 9. The number of benzene rings is 1. The number of aliphatic carboxylic acids is 1. The second-order valence-corrected chi connectivity index (χ2v) is 5.97. The van der Waals surface area contributed by atoms with Gasteiger partial charge in [-0.25, -0.2) is 4.79 Å². The van der Waals surface area contributed by atoms with E-state index < -0.39 is 42.0 Å². The van der Waals surface area contributed by atoms with E-state index in [4.69, 9.17) is 10.8 Å². The zero-order chi connectivity index (χ0) is 19.0. The molecule has 4 unspecified atom stereocenters. The Labute approximate surface area is 151 Å². The van der Waals surface area contributed by atoms with Gasteiger partial charge < -0.3 is 26.6 Å². The molecule has 25 heavy (non-hydrogen) atoms. The molecule has 6 N–H and O–H groups in total. The third-order valence-corrected chi connectivity index (χ3v) is 3.89. The molecular formula is C16H23N3O5S. The molecule has 0 saturated heterocycles. The number of nitrogens with two attached hydrogens (primary N) is 1. The van der Waals surface area contributed by atoms with E-state index in [1.165, 1.54) is 6.92 Å². The third-order valence-electron chi connectivity index (χ3n) is 3.50. The van der Waals surface area contributed by atoms with Crippen molar-refractivity contribution in [1.82, 2.24) is 10.6 Å². The van der Waals surface area contributed by atoms with Gasteiger partial charge in [-0.15, -0.1) is 0 Å². The number of hydrogen-bond acceptors (Lipinski definition) is 6. The van der Waals surface area contributed by atoms with Gasteiger partial charge in [0.1, 0.15) is 6.04 Å². The van der Waals surface area contributed by atoms with Crippen LogP contribution in [0.2, 0.25) is 0 Å². The summed E-state index contributed by atoms with van der Waals surface area (Å²) in [5.41, 5.74) is 6.37. The molecule has 0 bridgehead atoms. The Kier molecular flexibility index (Phi) is 8.39. The Morgan fingerprint density at radius 2 is 1.76 bits per heavy atom. The zero-order valence-electron chi connectivity index (χ0n) is 13.8. The fourth-order valence-corrected chi connectivity index (χ4v) is 2.23. The number of carbonyl (C=O) groups excluding carboxylic acids is 2. The highest BCUT2D eigenvalue weighted by Crippen LogP contribution is 2.05. The molecule has 0 aromatic heterocycles. The molecule has 0 aliphatic carbocycles. The molecule has 0 spiro atoms. The summed E-state index contributed by atoms with van der Waals surface area (Å²) in [5, 5.41) is 23.3. The normalized spacial score (nSPS) is 15.5. The maximum atomic E-state index is 12.5. The molecule has 0 saturated carbocycles. The fourth-order valence-electron chi connectivity index (χ4n) is 2.06. The van der Waals surface area contributed by atoms with Gasteiger partial charge in [0.2, 0.25) is 11.8 Å². The Morgan fingerprint density at radius 1 is 1.16 bits per heavy atom. The number of aliphatic hydroxyl groups excluding tert-OH is 1. The first-order chi connectivity index (χ1) is 11.8. The van der Waals surface area contributed by atoms with Crippen LogP contribution in [0.25, 0.3) is 0 Å². The molecule has 1 aromatic rings. The standard InChI is InChI=1S/C16H23N3O5S/c1-9(20)13(16(23)24)19-15(22)12(18-14(21)11(17)8-25)7-10-5-3-2-4-6-10/h2-6,9,11-13,20,25H,7-8,17H2,1H3,(H,18,21)(H,19,22)(H,23,24). The average molecular weight is 369 g/mol. The first-order valence-electron chi connectivity index (χ1n) is 7.68. The van der Waals surface area contributed by atoms with Gasteiger partial charge >= 0.3 is 5.97 Å². The molecule has 1 rings (SSSR count). The number of carbonyl (C=O) groups is 3. The number of carboxylic acids is 1. The predicted octanol–water partition coefficient (Wildman–Crippen LogP) is -1.08. The van der Waals surface area contributed by atoms with Crippen LogP contribution in [0.1, 0.15) is 12.5 Å². The monoisotopic (exact) mass is 369 g/mol. The van der Waals surface area contributed by atoms with E-state index in [-0.39, 0.29) is 12.2 Å². The van der Waals surface area contributed by atoms with Gasteiger partial charge in [0.25, 0.3) is 0 Å². The number of amides is 2. The number of aliphatic hydroxyl groups is 1. The summed E-state index contributed by atoms with van der Waals surface area (Å²) in [4.78, 5) is 35.6. The zero-order valence-corrected chi connectivity index (χ0v) is 14.6. The molecule has 8 nitrogen and oxygen atoms in total. The van der Waals surface area contributed by atoms with Crippen molar-refractivity contribution >= 4 is 30.4 Å². The van der Waals surface area contributed by atoms with Crippen LogP contribution in [0.15, 0.2) is 30.3 Å². The molecule has 2 amide bonds. The summed E-state index contributed by atoms with van der Waals surface area (Å²) in [5.74, 6) is -2.58. The molecule has 4 atom stereocenters. The predicted molar refractivity (Wildman–Crippen MR) is 95.2 cm³/mol. The highest BCUT2D eigenvalue weighted by atomic mass is 32.1. The van der Waals surface area contributed by atoms with Gasteiger partial charge in [0.15, 0.2) is 6.04 Å². The van der Waals surface area contributed by atoms with Crippen molar-refractivity contribution in [3.8, 4) is 0 Å². The lowest BCUT2D eigenvalue weighted by atomic mass is 10.0. The van der Waals surface area contributed by atoms with Crippen LogP contribution in [-0.4, -0.2) is 58.0 Å². The van der Waals surface area contributed by atoms with Crippen molar-refractivity contribution < 1.29 is 24.6 Å². The van der Waals surface area contributed by atoms with E-state index in [1.54, 1.807) is 24.3 Å². The lowest BCUT2D eigenvalue weighted by Crippen LogP contribution is -2.57. The molecule has 0 radical (unpaired) electrons. The van der Waals surface area contributed by atoms with Crippen molar-refractivity contribution in [2.45, 2.75) is 37.6 Å². The summed E-state index contributed by atoms with van der Waals surface area (Å²) in [7, 11) is 0. The van der Waals surface area contributed by atoms with Crippen LogP contribution in [-0.2, 0) is 20.8 Å². The van der Waals surface area contributed by atoms with Gasteiger partial charge in [-0.05, 0) is 12.5 Å². The Bertz CT molecular complexity index is 597. The summed E-state index contributed by atoms with van der Waals surface area (Å²) < 4.78 is 0. The lowest BCUT2D eigenvalue weighted by Gasteiger charge is -2.23. The van der Waals surface area contributed by atoms with E-state index in [2.05, 4.69) is 23.3 Å². The van der Waals surface area contributed by atoms with Gasteiger partial charge in [0, 0.05) is 12.2 Å². The van der Waals surface area contributed by atoms with E-state index in [1.807, 2.05) is 6.07 Å². The van der Waals surface area contributed by atoms with E-state index >= 15 is 0 Å². The summed E-state index contributed by atoms with van der Waals surface area (Å²) in [6, 6.07) is 5.48. The minimum atomic E-state index is -1.48.